The second-order valence-corrected chi connectivity index (χ2v) is 4.18. The molecule has 1 aromatic carbocycles. The van der Waals surface area contributed by atoms with E-state index in [-0.39, 0.29) is 5.82 Å². The standard InChI is InChI=1S/C13H12FN5/c1-19-10(4-5-18-19)7-15-13-11-6-9(14)2-3-12(11)16-8-17-13/h2-6,8H,7H2,1H3,(H,15,16,17). The van der Waals surface area contributed by atoms with E-state index in [1.165, 1.54) is 18.5 Å². The summed E-state index contributed by atoms with van der Waals surface area (Å²) in [5.74, 6) is 0.316. The molecule has 3 aromatic rings. The Labute approximate surface area is 109 Å². The summed E-state index contributed by atoms with van der Waals surface area (Å²) < 4.78 is 15.1. The number of nitrogens with zero attached hydrogens (tertiary/aromatic N) is 4. The molecule has 3 rings (SSSR count). The number of hydrogen-bond donors (Lipinski definition) is 1. The lowest BCUT2D eigenvalue weighted by Gasteiger charge is -2.08. The molecule has 6 heteroatoms. The van der Waals surface area contributed by atoms with Crippen LogP contribution in [-0.4, -0.2) is 19.7 Å². The predicted octanol–water partition coefficient (Wildman–Crippen LogP) is 2.11. The van der Waals surface area contributed by atoms with Gasteiger partial charge < -0.3 is 5.32 Å². The third-order valence-electron chi connectivity index (χ3n) is 2.96. The van der Waals surface area contributed by atoms with E-state index in [1.54, 1.807) is 16.9 Å². The number of anilines is 1. The molecule has 2 heterocycles. The fourth-order valence-corrected chi connectivity index (χ4v) is 1.92. The van der Waals surface area contributed by atoms with Gasteiger partial charge in [-0.15, -0.1) is 0 Å². The predicted molar refractivity (Wildman–Crippen MR) is 70.0 cm³/mol. The summed E-state index contributed by atoms with van der Waals surface area (Å²) in [6, 6.07) is 6.37. The van der Waals surface area contributed by atoms with Crippen molar-refractivity contribution in [1.29, 1.82) is 0 Å². The third-order valence-corrected chi connectivity index (χ3v) is 2.96. The number of halogens is 1. The van der Waals surface area contributed by atoms with Gasteiger partial charge in [0.1, 0.15) is 18.0 Å². The van der Waals surface area contributed by atoms with Crippen LogP contribution in [0.2, 0.25) is 0 Å². The van der Waals surface area contributed by atoms with Gasteiger partial charge >= 0.3 is 0 Å². The highest BCUT2D eigenvalue weighted by Crippen LogP contribution is 2.20. The SMILES string of the molecule is Cn1nccc1CNc1ncnc2ccc(F)cc12. The van der Waals surface area contributed by atoms with Crippen LogP contribution >= 0.6 is 0 Å². The van der Waals surface area contributed by atoms with E-state index in [2.05, 4.69) is 20.4 Å². The Bertz CT molecular complexity index is 722. The molecule has 0 atom stereocenters. The zero-order valence-electron chi connectivity index (χ0n) is 10.3. The van der Waals surface area contributed by atoms with Gasteiger partial charge in [-0.3, -0.25) is 4.68 Å². The number of rotatable bonds is 3. The van der Waals surface area contributed by atoms with Crippen LogP contribution in [-0.2, 0) is 13.6 Å². The van der Waals surface area contributed by atoms with Crippen molar-refractivity contribution in [3.63, 3.8) is 0 Å². The maximum atomic E-state index is 13.3. The molecule has 2 aromatic heterocycles. The number of benzene rings is 1. The summed E-state index contributed by atoms with van der Waals surface area (Å²) in [4.78, 5) is 8.27. The molecular weight excluding hydrogens is 245 g/mol. The minimum Gasteiger partial charge on any atom is -0.364 e. The van der Waals surface area contributed by atoms with Gasteiger partial charge in [-0.2, -0.15) is 5.10 Å². The maximum absolute atomic E-state index is 13.3. The van der Waals surface area contributed by atoms with Gasteiger partial charge in [0.2, 0.25) is 0 Å². The van der Waals surface area contributed by atoms with Gasteiger partial charge in [0.05, 0.1) is 17.8 Å². The Kier molecular flexibility index (Phi) is 2.83. The van der Waals surface area contributed by atoms with Gasteiger partial charge in [-0.1, -0.05) is 0 Å². The Hall–Kier alpha value is -2.50. The van der Waals surface area contributed by atoms with Gasteiger partial charge in [0.15, 0.2) is 0 Å². The molecule has 0 saturated carbocycles. The first-order chi connectivity index (χ1) is 9.24. The highest BCUT2D eigenvalue weighted by molar-refractivity contribution is 5.88. The van der Waals surface area contributed by atoms with Crippen LogP contribution in [0, 0.1) is 5.82 Å². The van der Waals surface area contributed by atoms with Crippen LogP contribution in [0.1, 0.15) is 5.69 Å². The molecule has 1 N–H and O–H groups in total. The molecule has 0 saturated heterocycles. The maximum Gasteiger partial charge on any atom is 0.137 e. The summed E-state index contributed by atoms with van der Waals surface area (Å²) in [7, 11) is 1.87. The minimum atomic E-state index is -0.300. The third kappa shape index (κ3) is 2.24. The summed E-state index contributed by atoms with van der Waals surface area (Å²) in [5, 5.41) is 7.94. The van der Waals surface area contributed by atoms with Crippen molar-refractivity contribution < 1.29 is 4.39 Å². The molecule has 19 heavy (non-hydrogen) atoms. The molecular formula is C13H12FN5. The Balaban J connectivity index is 1.92. The molecule has 5 nitrogen and oxygen atoms in total. The molecule has 0 amide bonds. The molecule has 0 aliphatic heterocycles. The number of aromatic nitrogens is 4. The molecule has 0 spiro atoms. The second kappa shape index (κ2) is 4.64. The number of hydrogen-bond acceptors (Lipinski definition) is 4. The molecule has 0 bridgehead atoms. The molecule has 0 aliphatic carbocycles. The molecule has 96 valence electrons. The average molecular weight is 257 g/mol. The first kappa shape index (κ1) is 11.6. The van der Waals surface area contributed by atoms with Gasteiger partial charge in [0.25, 0.3) is 0 Å². The van der Waals surface area contributed by atoms with E-state index in [0.717, 1.165) is 5.69 Å². The highest BCUT2D eigenvalue weighted by Gasteiger charge is 2.05. The zero-order valence-corrected chi connectivity index (χ0v) is 10.3. The summed E-state index contributed by atoms with van der Waals surface area (Å²) in [5.41, 5.74) is 1.73. The van der Waals surface area contributed by atoms with E-state index in [0.29, 0.717) is 23.3 Å². The summed E-state index contributed by atoms with van der Waals surface area (Å²) in [6.07, 6.45) is 3.20. The topological polar surface area (TPSA) is 55.6 Å². The van der Waals surface area contributed by atoms with E-state index >= 15 is 0 Å². The summed E-state index contributed by atoms with van der Waals surface area (Å²) >= 11 is 0. The number of fused-ring (bicyclic) bond motifs is 1. The van der Waals surface area contributed by atoms with Crippen LogP contribution in [0.25, 0.3) is 10.9 Å². The summed E-state index contributed by atoms with van der Waals surface area (Å²) in [6.45, 7) is 0.569. The molecule has 0 aliphatic rings. The van der Waals surface area contributed by atoms with Gasteiger partial charge in [-0.25, -0.2) is 14.4 Å². The normalized spacial score (nSPS) is 10.8. The largest absolute Gasteiger partial charge is 0.364 e. The van der Waals surface area contributed by atoms with Crippen molar-refractivity contribution in [3.8, 4) is 0 Å². The van der Waals surface area contributed by atoms with Crippen LogP contribution in [0.4, 0.5) is 10.2 Å². The Morgan fingerprint density at radius 2 is 2.16 bits per heavy atom. The lowest BCUT2D eigenvalue weighted by atomic mass is 10.2. The number of aryl methyl sites for hydroxylation is 1. The zero-order chi connectivity index (χ0) is 13.2. The van der Waals surface area contributed by atoms with Crippen LogP contribution in [0.15, 0.2) is 36.8 Å². The molecule has 0 radical (unpaired) electrons. The van der Waals surface area contributed by atoms with Crippen molar-refractivity contribution in [1.82, 2.24) is 19.7 Å². The lowest BCUT2D eigenvalue weighted by molar-refractivity contribution is 0.629. The molecule has 0 unspecified atom stereocenters. The van der Waals surface area contributed by atoms with E-state index in [4.69, 9.17) is 0 Å². The number of nitrogens with one attached hydrogen (secondary N) is 1. The first-order valence-corrected chi connectivity index (χ1v) is 5.85. The fourth-order valence-electron chi connectivity index (χ4n) is 1.92. The van der Waals surface area contributed by atoms with Crippen molar-refractivity contribution in [2.45, 2.75) is 6.54 Å². The smallest absolute Gasteiger partial charge is 0.137 e. The highest BCUT2D eigenvalue weighted by atomic mass is 19.1. The Morgan fingerprint density at radius 3 is 2.95 bits per heavy atom. The van der Waals surface area contributed by atoms with E-state index < -0.39 is 0 Å². The van der Waals surface area contributed by atoms with Crippen molar-refractivity contribution in [2.75, 3.05) is 5.32 Å². The van der Waals surface area contributed by atoms with E-state index in [1.807, 2.05) is 13.1 Å². The van der Waals surface area contributed by atoms with Gasteiger partial charge in [-0.05, 0) is 24.3 Å². The average Bonchev–Trinajstić information content (AvgIpc) is 2.82. The van der Waals surface area contributed by atoms with Crippen molar-refractivity contribution >= 4 is 16.7 Å². The second-order valence-electron chi connectivity index (χ2n) is 4.18. The van der Waals surface area contributed by atoms with Crippen molar-refractivity contribution in [2.24, 2.45) is 7.05 Å². The van der Waals surface area contributed by atoms with Crippen molar-refractivity contribution in [3.05, 3.63) is 48.3 Å². The quantitative estimate of drug-likeness (QED) is 0.780. The lowest BCUT2D eigenvalue weighted by Crippen LogP contribution is -2.07. The Morgan fingerprint density at radius 1 is 1.26 bits per heavy atom. The van der Waals surface area contributed by atoms with Crippen LogP contribution in [0.5, 0.6) is 0 Å². The van der Waals surface area contributed by atoms with Crippen LogP contribution < -0.4 is 5.32 Å². The van der Waals surface area contributed by atoms with Crippen LogP contribution in [0.3, 0.4) is 0 Å². The van der Waals surface area contributed by atoms with Gasteiger partial charge in [0, 0.05) is 18.6 Å². The minimum absolute atomic E-state index is 0.300. The monoisotopic (exact) mass is 257 g/mol. The molecule has 0 fully saturated rings. The fraction of sp³-hybridized carbons (Fsp3) is 0.154. The first-order valence-electron chi connectivity index (χ1n) is 5.85. The van der Waals surface area contributed by atoms with E-state index in [9.17, 15) is 4.39 Å².